The van der Waals surface area contributed by atoms with Crippen LogP contribution < -0.4 is 10.2 Å². The molecule has 1 aliphatic carbocycles. The smallest absolute Gasteiger partial charge is 0.232 e. The molecule has 0 bridgehead atoms. The Kier molecular flexibility index (Phi) is 6.55. The molecule has 4 aromatic rings. The van der Waals surface area contributed by atoms with Crippen LogP contribution in [-0.2, 0) is 18.3 Å². The van der Waals surface area contributed by atoms with E-state index in [4.69, 9.17) is 9.97 Å². The Balaban J connectivity index is 1.60. The molecule has 0 atom stereocenters. The normalized spacial score (nSPS) is 13.0. The van der Waals surface area contributed by atoms with Crippen molar-refractivity contribution in [2.24, 2.45) is 7.05 Å². The summed E-state index contributed by atoms with van der Waals surface area (Å²) in [5, 5.41) is 10.4. The summed E-state index contributed by atoms with van der Waals surface area (Å²) in [7, 11) is 6.55. The van der Waals surface area contributed by atoms with E-state index in [0.717, 1.165) is 24.1 Å². The van der Waals surface area contributed by atoms with Crippen molar-refractivity contribution in [3.8, 4) is 11.4 Å². The Labute approximate surface area is 218 Å². The van der Waals surface area contributed by atoms with Gasteiger partial charge in [0, 0.05) is 51.7 Å². The van der Waals surface area contributed by atoms with Gasteiger partial charge in [-0.3, -0.25) is 9.89 Å². The molecule has 38 heavy (non-hydrogen) atoms. The second-order valence-electron chi connectivity index (χ2n) is 9.83. The van der Waals surface area contributed by atoms with E-state index in [1.165, 1.54) is 29.0 Å². The van der Waals surface area contributed by atoms with Crippen LogP contribution >= 0.6 is 0 Å². The summed E-state index contributed by atoms with van der Waals surface area (Å²) in [5.74, 6) is -0.508. The first kappa shape index (κ1) is 25.3. The minimum absolute atomic E-state index is 0.0831. The SMILES string of the molecule is Cc1cc(Nc2nc(N(C)c3c(F)cc(CC(=O)N(C)C)cc3F)nc(-c3cn(C)cn3)c2C2CC2)n[nH]1. The Hall–Kier alpha value is -4.35. The number of hydrogen-bond donors (Lipinski definition) is 2. The molecule has 0 unspecified atom stereocenters. The zero-order valence-electron chi connectivity index (χ0n) is 21.9. The van der Waals surface area contributed by atoms with Gasteiger partial charge in [-0.25, -0.2) is 18.7 Å². The molecule has 2 N–H and O–H groups in total. The molecular weight excluding hydrogens is 492 g/mol. The molecule has 3 heterocycles. The van der Waals surface area contributed by atoms with Gasteiger partial charge < -0.3 is 19.7 Å². The Morgan fingerprint density at radius 2 is 1.87 bits per heavy atom. The number of carbonyl (C=O) groups excluding carboxylic acids is 1. The van der Waals surface area contributed by atoms with Crippen LogP contribution in [0.1, 0.15) is 35.6 Å². The van der Waals surface area contributed by atoms with E-state index in [-0.39, 0.29) is 35.4 Å². The third-order valence-electron chi connectivity index (χ3n) is 6.39. The minimum Gasteiger partial charge on any atom is -0.349 e. The van der Waals surface area contributed by atoms with E-state index in [9.17, 15) is 4.79 Å². The van der Waals surface area contributed by atoms with E-state index in [1.54, 1.807) is 20.4 Å². The first-order valence-corrected chi connectivity index (χ1v) is 12.2. The number of nitrogens with zero attached hydrogens (tertiary/aromatic N) is 7. The lowest BCUT2D eigenvalue weighted by atomic mass is 10.1. The average molecular weight is 522 g/mol. The lowest BCUT2D eigenvalue weighted by molar-refractivity contribution is -0.127. The zero-order chi connectivity index (χ0) is 27.1. The molecule has 198 valence electrons. The van der Waals surface area contributed by atoms with Gasteiger partial charge >= 0.3 is 0 Å². The highest BCUT2D eigenvalue weighted by molar-refractivity contribution is 5.78. The van der Waals surface area contributed by atoms with Crippen LogP contribution in [0.4, 0.5) is 32.1 Å². The number of H-pyrrole nitrogens is 1. The Bertz CT molecular complexity index is 1480. The number of carbonyl (C=O) groups is 1. The maximum absolute atomic E-state index is 15.3. The highest BCUT2D eigenvalue weighted by Gasteiger charge is 2.33. The predicted molar refractivity (Wildman–Crippen MR) is 140 cm³/mol. The number of rotatable bonds is 8. The predicted octanol–water partition coefficient (Wildman–Crippen LogP) is 4.21. The van der Waals surface area contributed by atoms with Gasteiger partial charge in [0.25, 0.3) is 0 Å². The molecule has 5 rings (SSSR count). The molecule has 10 nitrogen and oxygen atoms in total. The standard InChI is InChI=1S/C26H29F2N9O/c1-14-8-20(34-33-14)30-25-22(16-6-7-16)23(19-12-36(4)13-29-19)31-26(32-25)37(5)24-17(27)9-15(10-18(24)28)11-21(38)35(2)3/h8-10,12-13,16H,6-7,11H2,1-5H3,(H2,30,31,32,33,34). The summed E-state index contributed by atoms with van der Waals surface area (Å²) in [6.45, 7) is 1.89. The number of imidazole rings is 1. The first-order valence-electron chi connectivity index (χ1n) is 12.2. The molecule has 0 radical (unpaired) electrons. The van der Waals surface area contributed by atoms with Gasteiger partial charge in [-0.2, -0.15) is 10.1 Å². The molecule has 3 aromatic heterocycles. The summed E-state index contributed by atoms with van der Waals surface area (Å²) in [6.07, 6.45) is 5.36. The number of likely N-dealkylation sites (N-methyl/N-ethyl adjacent to an activating group) is 1. The number of aromatic nitrogens is 6. The molecule has 1 aromatic carbocycles. The number of aryl methyl sites for hydroxylation is 2. The van der Waals surface area contributed by atoms with Crippen molar-refractivity contribution < 1.29 is 13.6 Å². The molecule has 0 saturated heterocycles. The van der Waals surface area contributed by atoms with Crippen molar-refractivity contribution in [3.05, 3.63) is 59.2 Å². The number of hydrogen-bond acceptors (Lipinski definition) is 7. The molecule has 1 fully saturated rings. The van der Waals surface area contributed by atoms with Crippen molar-refractivity contribution in [2.45, 2.75) is 32.1 Å². The van der Waals surface area contributed by atoms with Crippen LogP contribution in [0.3, 0.4) is 0 Å². The van der Waals surface area contributed by atoms with Crippen molar-refractivity contribution in [3.63, 3.8) is 0 Å². The average Bonchev–Trinajstić information content (AvgIpc) is 3.47. The number of anilines is 4. The van der Waals surface area contributed by atoms with Gasteiger partial charge in [-0.05, 0) is 43.4 Å². The van der Waals surface area contributed by atoms with Gasteiger partial charge in [-0.15, -0.1) is 0 Å². The lowest BCUT2D eigenvalue weighted by Crippen LogP contribution is -2.24. The van der Waals surface area contributed by atoms with Crippen molar-refractivity contribution >= 4 is 29.2 Å². The number of amides is 1. The van der Waals surface area contributed by atoms with Crippen LogP contribution in [0.5, 0.6) is 0 Å². The molecule has 0 aliphatic heterocycles. The maximum atomic E-state index is 15.3. The first-order chi connectivity index (χ1) is 18.1. The van der Waals surface area contributed by atoms with Gasteiger partial charge in [0.1, 0.15) is 34.5 Å². The summed E-state index contributed by atoms with van der Waals surface area (Å²) < 4.78 is 32.4. The van der Waals surface area contributed by atoms with Crippen molar-refractivity contribution in [1.29, 1.82) is 0 Å². The number of benzene rings is 1. The molecule has 0 spiro atoms. The molecule has 1 aliphatic rings. The van der Waals surface area contributed by atoms with E-state index >= 15 is 8.78 Å². The Morgan fingerprint density at radius 1 is 1.16 bits per heavy atom. The number of nitrogens with one attached hydrogen (secondary N) is 2. The topological polar surface area (TPSA) is 108 Å². The highest BCUT2D eigenvalue weighted by atomic mass is 19.1. The van der Waals surface area contributed by atoms with E-state index in [2.05, 4.69) is 20.5 Å². The second kappa shape index (κ2) is 9.84. The lowest BCUT2D eigenvalue weighted by Gasteiger charge is -2.22. The summed E-state index contributed by atoms with van der Waals surface area (Å²) in [4.78, 5) is 28.7. The quantitative estimate of drug-likeness (QED) is 0.358. The van der Waals surface area contributed by atoms with E-state index < -0.39 is 11.6 Å². The van der Waals surface area contributed by atoms with Crippen LogP contribution in [-0.4, -0.2) is 61.7 Å². The third kappa shape index (κ3) is 5.06. The van der Waals surface area contributed by atoms with Crippen LogP contribution in [0.25, 0.3) is 11.4 Å². The second-order valence-corrected chi connectivity index (χ2v) is 9.83. The maximum Gasteiger partial charge on any atom is 0.232 e. The number of halogens is 2. The fourth-order valence-electron chi connectivity index (χ4n) is 4.27. The molecule has 1 amide bonds. The zero-order valence-corrected chi connectivity index (χ0v) is 21.9. The summed E-state index contributed by atoms with van der Waals surface area (Å²) >= 11 is 0. The van der Waals surface area contributed by atoms with Gasteiger partial charge in [-0.1, -0.05) is 0 Å². The summed E-state index contributed by atoms with van der Waals surface area (Å²) in [6, 6.07) is 4.18. The van der Waals surface area contributed by atoms with Crippen molar-refractivity contribution in [1.82, 2.24) is 34.6 Å². The molecule has 12 heteroatoms. The third-order valence-corrected chi connectivity index (χ3v) is 6.39. The van der Waals surface area contributed by atoms with Crippen LogP contribution in [0.2, 0.25) is 0 Å². The Morgan fingerprint density at radius 3 is 2.42 bits per heavy atom. The van der Waals surface area contributed by atoms with Crippen molar-refractivity contribution in [2.75, 3.05) is 31.4 Å². The molecular formula is C26H29F2N9O. The van der Waals surface area contributed by atoms with E-state index in [0.29, 0.717) is 23.0 Å². The van der Waals surface area contributed by atoms with Crippen LogP contribution in [0.15, 0.2) is 30.7 Å². The van der Waals surface area contributed by atoms with Crippen LogP contribution in [0, 0.1) is 18.6 Å². The molecule has 1 saturated carbocycles. The van der Waals surface area contributed by atoms with Gasteiger partial charge in [0.05, 0.1) is 12.7 Å². The fourth-order valence-corrected chi connectivity index (χ4v) is 4.27. The fraction of sp³-hybridized carbons (Fsp3) is 0.346. The number of aromatic amines is 1. The highest BCUT2D eigenvalue weighted by Crippen LogP contribution is 2.48. The summed E-state index contributed by atoms with van der Waals surface area (Å²) in [5.41, 5.74) is 2.90. The monoisotopic (exact) mass is 521 g/mol. The van der Waals surface area contributed by atoms with Gasteiger partial charge in [0.2, 0.25) is 11.9 Å². The minimum atomic E-state index is -0.819. The largest absolute Gasteiger partial charge is 0.349 e. The van der Waals surface area contributed by atoms with Gasteiger partial charge in [0.15, 0.2) is 5.82 Å². The van der Waals surface area contributed by atoms with E-state index in [1.807, 2.05) is 30.8 Å².